The summed E-state index contributed by atoms with van der Waals surface area (Å²) in [4.78, 5) is 0. The fourth-order valence-electron chi connectivity index (χ4n) is 1.56. The van der Waals surface area contributed by atoms with Crippen LogP contribution in [0.15, 0.2) is 22.9 Å². The molecule has 80 valence electrons. The van der Waals surface area contributed by atoms with E-state index in [1.54, 1.807) is 11.3 Å². The standard InChI is InChI=1S/C11H15N3S/c1-9-5-11(14(2)13-9)7-12-6-10-3-4-15-8-10/h3-5,8,12H,6-7H2,1-2H3. The molecule has 3 nitrogen and oxygen atoms in total. The van der Waals surface area contributed by atoms with Crippen LogP contribution in [0, 0.1) is 6.92 Å². The van der Waals surface area contributed by atoms with Gasteiger partial charge >= 0.3 is 0 Å². The van der Waals surface area contributed by atoms with Crippen molar-refractivity contribution in [2.24, 2.45) is 7.05 Å². The van der Waals surface area contributed by atoms with E-state index in [4.69, 9.17) is 0 Å². The molecule has 0 radical (unpaired) electrons. The van der Waals surface area contributed by atoms with Crippen molar-refractivity contribution in [3.8, 4) is 0 Å². The summed E-state index contributed by atoms with van der Waals surface area (Å²) < 4.78 is 1.93. The molecule has 0 fully saturated rings. The van der Waals surface area contributed by atoms with E-state index in [0.29, 0.717) is 0 Å². The summed E-state index contributed by atoms with van der Waals surface area (Å²) in [6.45, 7) is 3.81. The third kappa shape index (κ3) is 2.67. The normalized spacial score (nSPS) is 10.8. The van der Waals surface area contributed by atoms with Crippen LogP contribution in [-0.2, 0) is 20.1 Å². The summed E-state index contributed by atoms with van der Waals surface area (Å²) in [6, 6.07) is 4.26. The molecule has 0 bridgehead atoms. The quantitative estimate of drug-likeness (QED) is 0.856. The Balaban J connectivity index is 1.86. The van der Waals surface area contributed by atoms with Crippen LogP contribution in [-0.4, -0.2) is 9.78 Å². The van der Waals surface area contributed by atoms with Crippen molar-refractivity contribution in [1.82, 2.24) is 15.1 Å². The Morgan fingerprint density at radius 2 is 2.33 bits per heavy atom. The van der Waals surface area contributed by atoms with Gasteiger partial charge in [-0.3, -0.25) is 4.68 Å². The lowest BCUT2D eigenvalue weighted by Gasteiger charge is -2.03. The van der Waals surface area contributed by atoms with Gasteiger partial charge in [0, 0.05) is 20.1 Å². The van der Waals surface area contributed by atoms with E-state index in [1.807, 2.05) is 18.7 Å². The number of aromatic nitrogens is 2. The zero-order chi connectivity index (χ0) is 10.7. The van der Waals surface area contributed by atoms with Crippen molar-refractivity contribution in [3.05, 3.63) is 39.8 Å². The number of rotatable bonds is 4. The first-order valence-corrected chi connectivity index (χ1v) is 5.91. The molecule has 4 heteroatoms. The minimum Gasteiger partial charge on any atom is -0.307 e. The summed E-state index contributed by atoms with van der Waals surface area (Å²) >= 11 is 1.74. The summed E-state index contributed by atoms with van der Waals surface area (Å²) in [5, 5.41) is 12.0. The number of hydrogen-bond acceptors (Lipinski definition) is 3. The van der Waals surface area contributed by atoms with Gasteiger partial charge in [-0.2, -0.15) is 16.4 Å². The molecule has 0 aliphatic rings. The maximum Gasteiger partial charge on any atom is 0.0597 e. The molecular weight excluding hydrogens is 206 g/mol. The molecule has 0 unspecified atom stereocenters. The Morgan fingerprint density at radius 3 is 2.93 bits per heavy atom. The highest BCUT2D eigenvalue weighted by Gasteiger charge is 2.01. The average molecular weight is 221 g/mol. The van der Waals surface area contributed by atoms with Gasteiger partial charge in [0.2, 0.25) is 0 Å². The van der Waals surface area contributed by atoms with E-state index in [1.165, 1.54) is 11.3 Å². The molecule has 0 aliphatic heterocycles. The SMILES string of the molecule is Cc1cc(CNCc2ccsc2)n(C)n1. The van der Waals surface area contributed by atoms with Gasteiger partial charge in [0.25, 0.3) is 0 Å². The molecule has 0 amide bonds. The van der Waals surface area contributed by atoms with Crippen LogP contribution in [0.25, 0.3) is 0 Å². The van der Waals surface area contributed by atoms with Crippen molar-refractivity contribution < 1.29 is 0 Å². The van der Waals surface area contributed by atoms with Gasteiger partial charge in [0.15, 0.2) is 0 Å². The van der Waals surface area contributed by atoms with Crippen LogP contribution in [0.4, 0.5) is 0 Å². The first-order valence-electron chi connectivity index (χ1n) is 4.97. The molecule has 15 heavy (non-hydrogen) atoms. The monoisotopic (exact) mass is 221 g/mol. The number of hydrogen-bond donors (Lipinski definition) is 1. The Bertz CT molecular complexity index is 417. The van der Waals surface area contributed by atoms with Crippen LogP contribution in [0.1, 0.15) is 17.0 Å². The van der Waals surface area contributed by atoms with E-state index >= 15 is 0 Å². The van der Waals surface area contributed by atoms with Gasteiger partial charge in [-0.25, -0.2) is 0 Å². The first-order chi connectivity index (χ1) is 7.25. The molecule has 2 aromatic rings. The van der Waals surface area contributed by atoms with Crippen LogP contribution >= 0.6 is 11.3 Å². The minimum atomic E-state index is 0.868. The maximum atomic E-state index is 4.31. The van der Waals surface area contributed by atoms with Crippen LogP contribution in [0.3, 0.4) is 0 Å². The average Bonchev–Trinajstić information content (AvgIpc) is 2.77. The summed E-state index contributed by atoms with van der Waals surface area (Å²) in [5.41, 5.74) is 3.64. The minimum absolute atomic E-state index is 0.868. The van der Waals surface area contributed by atoms with Crippen LogP contribution < -0.4 is 5.32 Å². The lowest BCUT2D eigenvalue weighted by Crippen LogP contribution is -2.14. The van der Waals surface area contributed by atoms with Crippen molar-refractivity contribution in [3.63, 3.8) is 0 Å². The largest absolute Gasteiger partial charge is 0.307 e. The highest BCUT2D eigenvalue weighted by Crippen LogP contribution is 2.06. The zero-order valence-electron chi connectivity index (χ0n) is 9.03. The van der Waals surface area contributed by atoms with Crippen molar-refractivity contribution in [1.29, 1.82) is 0 Å². The van der Waals surface area contributed by atoms with Gasteiger partial charge in [-0.1, -0.05) is 0 Å². The number of aryl methyl sites for hydroxylation is 2. The molecule has 0 spiro atoms. The van der Waals surface area contributed by atoms with Gasteiger partial charge in [-0.15, -0.1) is 0 Å². The zero-order valence-corrected chi connectivity index (χ0v) is 9.84. The number of nitrogens with zero attached hydrogens (tertiary/aromatic N) is 2. The maximum absolute atomic E-state index is 4.31. The summed E-state index contributed by atoms with van der Waals surface area (Å²) in [6.07, 6.45) is 0. The third-order valence-corrected chi connectivity index (χ3v) is 3.05. The van der Waals surface area contributed by atoms with E-state index in [0.717, 1.165) is 18.8 Å². The molecular formula is C11H15N3S. The fourth-order valence-corrected chi connectivity index (χ4v) is 2.23. The Labute approximate surface area is 93.7 Å². The van der Waals surface area contributed by atoms with E-state index < -0.39 is 0 Å². The molecule has 0 saturated heterocycles. The van der Waals surface area contributed by atoms with Gasteiger partial charge in [0.1, 0.15) is 0 Å². The Hall–Kier alpha value is -1.13. The van der Waals surface area contributed by atoms with Gasteiger partial charge in [-0.05, 0) is 35.4 Å². The fraction of sp³-hybridized carbons (Fsp3) is 0.364. The predicted molar refractivity (Wildman–Crippen MR) is 62.8 cm³/mol. The predicted octanol–water partition coefficient (Wildman–Crippen LogP) is 2.08. The summed E-state index contributed by atoms with van der Waals surface area (Å²) in [7, 11) is 1.98. The van der Waals surface area contributed by atoms with Crippen LogP contribution in [0.5, 0.6) is 0 Å². The lowest BCUT2D eigenvalue weighted by atomic mass is 10.3. The van der Waals surface area contributed by atoms with E-state index in [9.17, 15) is 0 Å². The molecule has 0 aromatic carbocycles. The van der Waals surface area contributed by atoms with E-state index in [2.05, 4.69) is 33.3 Å². The highest BCUT2D eigenvalue weighted by atomic mass is 32.1. The van der Waals surface area contributed by atoms with Gasteiger partial charge in [0.05, 0.1) is 11.4 Å². The Kier molecular flexibility index (Phi) is 3.18. The topological polar surface area (TPSA) is 29.9 Å². The first kappa shape index (κ1) is 10.4. The molecule has 1 N–H and O–H groups in total. The number of nitrogens with one attached hydrogen (secondary N) is 1. The van der Waals surface area contributed by atoms with Crippen molar-refractivity contribution in [2.45, 2.75) is 20.0 Å². The van der Waals surface area contributed by atoms with Crippen molar-refractivity contribution >= 4 is 11.3 Å². The second-order valence-electron chi connectivity index (χ2n) is 3.64. The molecule has 2 aromatic heterocycles. The molecule has 2 heterocycles. The van der Waals surface area contributed by atoms with Gasteiger partial charge < -0.3 is 5.32 Å². The van der Waals surface area contributed by atoms with Crippen molar-refractivity contribution in [2.75, 3.05) is 0 Å². The molecule has 0 aliphatic carbocycles. The molecule has 0 saturated carbocycles. The Morgan fingerprint density at radius 1 is 1.47 bits per heavy atom. The smallest absolute Gasteiger partial charge is 0.0597 e. The third-order valence-electron chi connectivity index (χ3n) is 2.31. The van der Waals surface area contributed by atoms with E-state index in [-0.39, 0.29) is 0 Å². The second-order valence-corrected chi connectivity index (χ2v) is 4.42. The summed E-state index contributed by atoms with van der Waals surface area (Å²) in [5.74, 6) is 0. The number of thiophene rings is 1. The molecule has 2 rings (SSSR count). The highest BCUT2D eigenvalue weighted by molar-refractivity contribution is 7.07. The lowest BCUT2D eigenvalue weighted by molar-refractivity contribution is 0.625. The molecule has 0 atom stereocenters. The van der Waals surface area contributed by atoms with Crippen LogP contribution in [0.2, 0.25) is 0 Å². The second kappa shape index (κ2) is 4.59.